The van der Waals surface area contributed by atoms with Crippen molar-refractivity contribution in [2.45, 2.75) is 25.7 Å². The summed E-state index contributed by atoms with van der Waals surface area (Å²) in [5, 5.41) is 7.90. The van der Waals surface area contributed by atoms with Gasteiger partial charge < -0.3 is 0 Å². The molecule has 15 heavy (non-hydrogen) atoms. The van der Waals surface area contributed by atoms with Crippen LogP contribution < -0.4 is 0 Å². The predicted octanol–water partition coefficient (Wildman–Crippen LogP) is 2.64. The Morgan fingerprint density at radius 1 is 1.47 bits per heavy atom. The molecule has 1 N–H and O–H groups in total. The van der Waals surface area contributed by atoms with Crippen LogP contribution in [0.3, 0.4) is 0 Å². The Morgan fingerprint density at radius 2 is 2.27 bits per heavy atom. The van der Waals surface area contributed by atoms with Crippen molar-refractivity contribution >= 4 is 16.7 Å². The Hall–Kier alpha value is -1.64. The molecule has 3 heteroatoms. The number of ketones is 1. The van der Waals surface area contributed by atoms with E-state index in [1.165, 1.54) is 18.4 Å². The molecule has 0 atom stereocenters. The Balaban J connectivity index is 2.17. The predicted molar refractivity (Wildman–Crippen MR) is 58.1 cm³/mol. The lowest BCUT2D eigenvalue weighted by molar-refractivity contribution is 0.101. The first-order valence-corrected chi connectivity index (χ1v) is 5.24. The number of aromatic nitrogens is 2. The number of carbonyl (C=O) groups is 1. The van der Waals surface area contributed by atoms with Crippen LogP contribution in [-0.2, 0) is 0 Å². The highest BCUT2D eigenvalue weighted by atomic mass is 16.1. The lowest BCUT2D eigenvalue weighted by Gasteiger charge is -1.97. The average molecular weight is 200 g/mol. The molecule has 0 aliphatic heterocycles. The Morgan fingerprint density at radius 3 is 2.93 bits per heavy atom. The second kappa shape index (κ2) is 2.92. The molecule has 76 valence electrons. The number of H-pyrrole nitrogens is 1. The molecular formula is C12H12N2O. The van der Waals surface area contributed by atoms with Crippen LogP contribution in [0.15, 0.2) is 18.2 Å². The molecule has 1 fully saturated rings. The van der Waals surface area contributed by atoms with E-state index in [4.69, 9.17) is 0 Å². The molecule has 2 aromatic rings. The van der Waals surface area contributed by atoms with Gasteiger partial charge >= 0.3 is 0 Å². The minimum Gasteiger partial charge on any atom is -0.293 e. The molecular weight excluding hydrogens is 188 g/mol. The fraction of sp³-hybridized carbons (Fsp3) is 0.333. The number of fused-ring (bicyclic) bond motifs is 1. The van der Waals surface area contributed by atoms with Crippen molar-refractivity contribution in [3.8, 4) is 0 Å². The molecule has 0 unspecified atom stereocenters. The third-order valence-electron chi connectivity index (χ3n) is 2.97. The first kappa shape index (κ1) is 8.65. The standard InChI is InChI=1S/C12H12N2O/c1-7(15)12-10-5-4-9(8-2-3-8)6-11(10)13-14-12/h4-6,8H,2-3H2,1H3,(H,13,14). The molecule has 0 saturated heterocycles. The molecule has 1 saturated carbocycles. The summed E-state index contributed by atoms with van der Waals surface area (Å²) in [5.74, 6) is 0.749. The highest BCUT2D eigenvalue weighted by Gasteiger charge is 2.24. The van der Waals surface area contributed by atoms with Gasteiger partial charge in [-0.05, 0) is 30.4 Å². The van der Waals surface area contributed by atoms with Crippen LogP contribution >= 0.6 is 0 Å². The van der Waals surface area contributed by atoms with Gasteiger partial charge in [0.15, 0.2) is 5.78 Å². The summed E-state index contributed by atoms with van der Waals surface area (Å²) >= 11 is 0. The number of carbonyl (C=O) groups excluding carboxylic acids is 1. The van der Waals surface area contributed by atoms with Crippen molar-refractivity contribution in [3.05, 3.63) is 29.5 Å². The van der Waals surface area contributed by atoms with E-state index < -0.39 is 0 Å². The molecule has 3 nitrogen and oxygen atoms in total. The summed E-state index contributed by atoms with van der Waals surface area (Å²) in [6.07, 6.45) is 2.58. The van der Waals surface area contributed by atoms with Gasteiger partial charge in [-0.1, -0.05) is 12.1 Å². The minimum atomic E-state index is 0.0143. The first-order valence-electron chi connectivity index (χ1n) is 5.24. The normalized spacial score (nSPS) is 15.8. The molecule has 1 aliphatic carbocycles. The maximum atomic E-state index is 11.3. The van der Waals surface area contributed by atoms with E-state index in [2.05, 4.69) is 22.3 Å². The Bertz CT molecular complexity index is 538. The molecule has 0 bridgehead atoms. The molecule has 1 aromatic carbocycles. The van der Waals surface area contributed by atoms with E-state index in [1.807, 2.05) is 6.07 Å². The number of rotatable bonds is 2. The van der Waals surface area contributed by atoms with Gasteiger partial charge in [-0.3, -0.25) is 9.89 Å². The zero-order chi connectivity index (χ0) is 10.4. The molecule has 1 aromatic heterocycles. The van der Waals surface area contributed by atoms with Crippen molar-refractivity contribution in [1.82, 2.24) is 10.2 Å². The quantitative estimate of drug-likeness (QED) is 0.757. The van der Waals surface area contributed by atoms with Crippen LogP contribution in [0.2, 0.25) is 0 Å². The van der Waals surface area contributed by atoms with Crippen molar-refractivity contribution in [3.63, 3.8) is 0 Å². The SMILES string of the molecule is CC(=O)c1n[nH]c2cc(C3CC3)ccc12. The summed E-state index contributed by atoms with van der Waals surface area (Å²) in [5.41, 5.74) is 2.89. The maximum Gasteiger partial charge on any atom is 0.180 e. The van der Waals surface area contributed by atoms with Gasteiger partial charge in [-0.15, -0.1) is 0 Å². The number of aromatic amines is 1. The Labute approximate surface area is 87.5 Å². The summed E-state index contributed by atoms with van der Waals surface area (Å²) < 4.78 is 0. The molecule has 0 amide bonds. The molecule has 0 radical (unpaired) electrons. The minimum absolute atomic E-state index is 0.0143. The highest BCUT2D eigenvalue weighted by Crippen LogP contribution is 2.40. The van der Waals surface area contributed by atoms with Gasteiger partial charge in [0.25, 0.3) is 0 Å². The Kier molecular flexibility index (Phi) is 1.69. The van der Waals surface area contributed by atoms with Crippen molar-refractivity contribution in [2.24, 2.45) is 0 Å². The lowest BCUT2D eigenvalue weighted by Crippen LogP contribution is -1.92. The summed E-state index contributed by atoms with van der Waals surface area (Å²) in [4.78, 5) is 11.3. The van der Waals surface area contributed by atoms with E-state index >= 15 is 0 Å². The average Bonchev–Trinajstić information content (AvgIpc) is 2.97. The van der Waals surface area contributed by atoms with E-state index in [0.29, 0.717) is 5.69 Å². The third kappa shape index (κ3) is 1.35. The van der Waals surface area contributed by atoms with Gasteiger partial charge in [-0.2, -0.15) is 5.10 Å². The van der Waals surface area contributed by atoms with Gasteiger partial charge in [0, 0.05) is 12.3 Å². The third-order valence-corrected chi connectivity index (χ3v) is 2.97. The van der Waals surface area contributed by atoms with Gasteiger partial charge in [0.05, 0.1) is 5.52 Å². The fourth-order valence-corrected chi connectivity index (χ4v) is 1.98. The number of hydrogen-bond donors (Lipinski definition) is 1. The zero-order valence-corrected chi connectivity index (χ0v) is 8.58. The van der Waals surface area contributed by atoms with Gasteiger partial charge in [-0.25, -0.2) is 0 Å². The summed E-state index contributed by atoms with van der Waals surface area (Å²) in [7, 11) is 0. The topological polar surface area (TPSA) is 45.8 Å². The number of nitrogens with one attached hydrogen (secondary N) is 1. The highest BCUT2D eigenvalue weighted by molar-refractivity contribution is 6.04. The van der Waals surface area contributed by atoms with E-state index in [-0.39, 0.29) is 5.78 Å². The first-order chi connectivity index (χ1) is 7.25. The molecule has 1 aliphatic rings. The summed E-state index contributed by atoms with van der Waals surface area (Å²) in [6.45, 7) is 1.55. The van der Waals surface area contributed by atoms with Crippen LogP contribution in [0.1, 0.15) is 41.7 Å². The number of nitrogens with zero attached hydrogens (tertiary/aromatic N) is 1. The van der Waals surface area contributed by atoms with E-state index in [9.17, 15) is 4.79 Å². The number of benzene rings is 1. The van der Waals surface area contributed by atoms with Crippen molar-refractivity contribution in [2.75, 3.05) is 0 Å². The second-order valence-electron chi connectivity index (χ2n) is 4.21. The summed E-state index contributed by atoms with van der Waals surface area (Å²) in [6, 6.07) is 6.23. The van der Waals surface area contributed by atoms with Crippen LogP contribution in [0.25, 0.3) is 10.9 Å². The number of Topliss-reactive ketones (excluding diaryl/α,β-unsaturated/α-hetero) is 1. The molecule has 1 heterocycles. The molecule has 0 spiro atoms. The van der Waals surface area contributed by atoms with Crippen LogP contribution in [0.5, 0.6) is 0 Å². The van der Waals surface area contributed by atoms with Crippen LogP contribution in [0, 0.1) is 0 Å². The van der Waals surface area contributed by atoms with Gasteiger partial charge in [0.2, 0.25) is 0 Å². The fourth-order valence-electron chi connectivity index (χ4n) is 1.98. The smallest absolute Gasteiger partial charge is 0.180 e. The lowest BCUT2D eigenvalue weighted by atomic mass is 10.1. The maximum absolute atomic E-state index is 11.3. The van der Waals surface area contributed by atoms with E-state index in [1.54, 1.807) is 6.92 Å². The van der Waals surface area contributed by atoms with Crippen molar-refractivity contribution in [1.29, 1.82) is 0 Å². The van der Waals surface area contributed by atoms with E-state index in [0.717, 1.165) is 16.8 Å². The largest absolute Gasteiger partial charge is 0.293 e. The van der Waals surface area contributed by atoms with Crippen LogP contribution in [0.4, 0.5) is 0 Å². The second-order valence-corrected chi connectivity index (χ2v) is 4.21. The van der Waals surface area contributed by atoms with Crippen LogP contribution in [-0.4, -0.2) is 16.0 Å². The zero-order valence-electron chi connectivity index (χ0n) is 8.58. The van der Waals surface area contributed by atoms with Gasteiger partial charge in [0.1, 0.15) is 5.69 Å². The molecule has 3 rings (SSSR count). The van der Waals surface area contributed by atoms with Crippen molar-refractivity contribution < 1.29 is 4.79 Å². The monoisotopic (exact) mass is 200 g/mol. The number of hydrogen-bond acceptors (Lipinski definition) is 2.